The Balaban J connectivity index is 2.44. The van der Waals surface area contributed by atoms with Crippen molar-refractivity contribution in [2.75, 3.05) is 19.9 Å². The van der Waals surface area contributed by atoms with Crippen molar-refractivity contribution in [2.45, 2.75) is 36.6 Å². The van der Waals surface area contributed by atoms with Crippen LogP contribution in [0.5, 0.6) is 5.75 Å². The predicted octanol–water partition coefficient (Wildman–Crippen LogP) is 2.17. The zero-order chi connectivity index (χ0) is 15.5. The van der Waals surface area contributed by atoms with Crippen LogP contribution in [0, 0.1) is 0 Å². The smallest absolute Gasteiger partial charge is 0.210 e. The molecule has 0 bridgehead atoms. The Labute approximate surface area is 125 Å². The zero-order valence-electron chi connectivity index (χ0n) is 12.4. The third-order valence-corrected chi connectivity index (χ3v) is 5.03. The fourth-order valence-electron chi connectivity index (χ4n) is 2.79. The summed E-state index contributed by atoms with van der Waals surface area (Å²) in [5.41, 5.74) is 0.874. The summed E-state index contributed by atoms with van der Waals surface area (Å²) >= 11 is 0. The third-order valence-electron chi connectivity index (χ3n) is 3.92. The quantitative estimate of drug-likeness (QED) is 0.800. The third kappa shape index (κ3) is 3.56. The minimum Gasteiger partial charge on any atom is -0.496 e. The summed E-state index contributed by atoms with van der Waals surface area (Å²) in [5.74, 6) is 0.525. The molecule has 1 saturated heterocycles. The molecule has 1 aromatic carbocycles. The summed E-state index contributed by atoms with van der Waals surface area (Å²) < 4.78 is 28.6. The molecule has 0 aliphatic carbocycles. The Morgan fingerprint density at radius 1 is 1.29 bits per heavy atom. The van der Waals surface area contributed by atoms with Gasteiger partial charge in [-0.1, -0.05) is 18.9 Å². The number of hydrogen-bond donors (Lipinski definition) is 0. The van der Waals surface area contributed by atoms with Crippen molar-refractivity contribution >= 4 is 16.2 Å². The summed E-state index contributed by atoms with van der Waals surface area (Å²) in [6, 6.07) is 4.84. The van der Waals surface area contributed by atoms with Crippen molar-refractivity contribution in [3.63, 3.8) is 0 Å². The Bertz CT molecular complexity index is 612. The van der Waals surface area contributed by atoms with Crippen LogP contribution < -0.4 is 4.74 Å². The number of amides is 1. The van der Waals surface area contributed by atoms with E-state index >= 15 is 0 Å². The van der Waals surface area contributed by atoms with Crippen LogP contribution >= 0.6 is 0 Å². The number of nitrogens with zero attached hydrogens (tertiary/aromatic N) is 1. The molecule has 0 spiro atoms. The summed E-state index contributed by atoms with van der Waals surface area (Å²) in [4.78, 5) is 13.3. The highest BCUT2D eigenvalue weighted by Crippen LogP contribution is 2.35. The van der Waals surface area contributed by atoms with Crippen LogP contribution in [0.4, 0.5) is 0 Å². The van der Waals surface area contributed by atoms with Gasteiger partial charge in [0.25, 0.3) is 0 Å². The van der Waals surface area contributed by atoms with Gasteiger partial charge in [-0.15, -0.1) is 0 Å². The van der Waals surface area contributed by atoms with Gasteiger partial charge in [0.1, 0.15) is 5.75 Å². The van der Waals surface area contributed by atoms with Crippen LogP contribution in [0.15, 0.2) is 23.1 Å². The van der Waals surface area contributed by atoms with Crippen LogP contribution in [0.3, 0.4) is 0 Å². The molecule has 1 atom stereocenters. The predicted molar refractivity (Wildman–Crippen MR) is 80.1 cm³/mol. The van der Waals surface area contributed by atoms with E-state index < -0.39 is 9.84 Å². The number of hydrogen-bond acceptors (Lipinski definition) is 4. The number of methoxy groups -OCH3 is 1. The number of benzene rings is 1. The van der Waals surface area contributed by atoms with E-state index in [1.165, 1.54) is 13.4 Å². The Hall–Kier alpha value is -1.56. The lowest BCUT2D eigenvalue weighted by atomic mass is 10.00. The summed E-state index contributed by atoms with van der Waals surface area (Å²) in [6.45, 7) is 0.727. The molecule has 5 nitrogen and oxygen atoms in total. The average molecular weight is 311 g/mol. The van der Waals surface area contributed by atoms with Crippen LogP contribution in [0.2, 0.25) is 0 Å². The minimum absolute atomic E-state index is 0.0476. The van der Waals surface area contributed by atoms with Gasteiger partial charge < -0.3 is 9.64 Å². The molecule has 21 heavy (non-hydrogen) atoms. The van der Waals surface area contributed by atoms with Crippen molar-refractivity contribution in [3.8, 4) is 5.75 Å². The van der Waals surface area contributed by atoms with Crippen molar-refractivity contribution < 1.29 is 17.9 Å². The van der Waals surface area contributed by atoms with E-state index in [0.29, 0.717) is 5.75 Å². The molecule has 1 amide bonds. The van der Waals surface area contributed by atoms with Gasteiger partial charge in [0.2, 0.25) is 6.41 Å². The van der Waals surface area contributed by atoms with Crippen LogP contribution in [-0.2, 0) is 14.6 Å². The maximum Gasteiger partial charge on any atom is 0.210 e. The molecule has 0 aromatic heterocycles. The average Bonchev–Trinajstić information content (AvgIpc) is 2.70. The second-order valence-corrected chi connectivity index (χ2v) is 7.40. The molecule has 1 unspecified atom stereocenters. The molecule has 1 fully saturated rings. The van der Waals surface area contributed by atoms with Crippen molar-refractivity contribution in [2.24, 2.45) is 0 Å². The molecule has 116 valence electrons. The first-order valence-corrected chi connectivity index (χ1v) is 8.95. The Morgan fingerprint density at radius 2 is 2.05 bits per heavy atom. The van der Waals surface area contributed by atoms with Crippen LogP contribution in [0.1, 0.15) is 37.3 Å². The highest BCUT2D eigenvalue weighted by Gasteiger charge is 2.25. The standard InChI is InChI=1S/C15H21NO4S/c1-20-15-10-12(21(2,18)19)7-8-13(15)14-6-4-3-5-9-16(14)11-17/h7-8,10-11,14H,3-6,9H2,1-2H3. The van der Waals surface area contributed by atoms with Crippen molar-refractivity contribution in [1.82, 2.24) is 4.90 Å². The first-order chi connectivity index (χ1) is 9.97. The van der Waals surface area contributed by atoms with Gasteiger partial charge in [0.05, 0.1) is 18.0 Å². The van der Waals surface area contributed by atoms with E-state index in [2.05, 4.69) is 0 Å². The van der Waals surface area contributed by atoms with E-state index in [9.17, 15) is 13.2 Å². The molecule has 1 heterocycles. The first kappa shape index (κ1) is 15.8. The molecule has 6 heteroatoms. The van der Waals surface area contributed by atoms with Gasteiger partial charge >= 0.3 is 0 Å². The number of carbonyl (C=O) groups excluding carboxylic acids is 1. The second kappa shape index (κ2) is 6.47. The number of ether oxygens (including phenoxy) is 1. The Morgan fingerprint density at radius 3 is 2.67 bits per heavy atom. The number of carbonyl (C=O) groups is 1. The van der Waals surface area contributed by atoms with E-state index in [1.54, 1.807) is 23.1 Å². The van der Waals surface area contributed by atoms with Crippen molar-refractivity contribution in [1.29, 1.82) is 0 Å². The van der Waals surface area contributed by atoms with E-state index in [0.717, 1.165) is 44.2 Å². The molecule has 0 N–H and O–H groups in total. The normalized spacial score (nSPS) is 19.9. The first-order valence-electron chi connectivity index (χ1n) is 7.06. The van der Waals surface area contributed by atoms with E-state index in [1.807, 2.05) is 0 Å². The molecule has 1 aliphatic heterocycles. The monoisotopic (exact) mass is 311 g/mol. The fraction of sp³-hybridized carbons (Fsp3) is 0.533. The molecule has 1 aromatic rings. The molecule has 0 radical (unpaired) electrons. The molecular weight excluding hydrogens is 290 g/mol. The summed E-state index contributed by atoms with van der Waals surface area (Å²) in [5, 5.41) is 0. The lowest BCUT2D eigenvalue weighted by molar-refractivity contribution is -0.120. The van der Waals surface area contributed by atoms with Gasteiger partial charge in [0.15, 0.2) is 9.84 Å². The van der Waals surface area contributed by atoms with Crippen molar-refractivity contribution in [3.05, 3.63) is 23.8 Å². The highest BCUT2D eigenvalue weighted by atomic mass is 32.2. The largest absolute Gasteiger partial charge is 0.496 e. The SMILES string of the molecule is COc1cc(S(C)(=O)=O)ccc1C1CCCCCN1C=O. The minimum atomic E-state index is -3.27. The molecule has 2 rings (SSSR count). The van der Waals surface area contributed by atoms with Gasteiger partial charge in [-0.25, -0.2) is 8.42 Å². The fourth-order valence-corrected chi connectivity index (χ4v) is 3.42. The van der Waals surface area contributed by atoms with Crippen LogP contribution in [0.25, 0.3) is 0 Å². The van der Waals surface area contributed by atoms with E-state index in [4.69, 9.17) is 4.74 Å². The molecular formula is C15H21NO4S. The lowest BCUT2D eigenvalue weighted by Crippen LogP contribution is -2.27. The van der Waals surface area contributed by atoms with Crippen LogP contribution in [-0.4, -0.2) is 39.6 Å². The second-order valence-electron chi connectivity index (χ2n) is 5.38. The summed E-state index contributed by atoms with van der Waals surface area (Å²) in [6.07, 6.45) is 6.06. The topological polar surface area (TPSA) is 63.7 Å². The van der Waals surface area contributed by atoms with E-state index in [-0.39, 0.29) is 10.9 Å². The lowest BCUT2D eigenvalue weighted by Gasteiger charge is -2.28. The maximum absolute atomic E-state index is 11.6. The number of likely N-dealkylation sites (tertiary alicyclic amines) is 1. The highest BCUT2D eigenvalue weighted by molar-refractivity contribution is 7.90. The number of sulfone groups is 1. The van der Waals surface area contributed by atoms with Gasteiger partial charge in [-0.2, -0.15) is 0 Å². The summed E-state index contributed by atoms with van der Waals surface area (Å²) in [7, 11) is -1.75. The number of rotatable bonds is 4. The molecule has 0 saturated carbocycles. The maximum atomic E-state index is 11.6. The van der Waals surface area contributed by atoms with Gasteiger partial charge in [-0.05, 0) is 25.0 Å². The zero-order valence-corrected chi connectivity index (χ0v) is 13.2. The van der Waals surface area contributed by atoms with Gasteiger partial charge in [0, 0.05) is 18.4 Å². The Kier molecular flexibility index (Phi) is 4.88. The molecule has 1 aliphatic rings. The van der Waals surface area contributed by atoms with Gasteiger partial charge in [-0.3, -0.25) is 4.79 Å².